The van der Waals surface area contributed by atoms with Crippen LogP contribution in [0.5, 0.6) is 0 Å². The van der Waals surface area contributed by atoms with Crippen LogP contribution >= 0.6 is 0 Å². The number of nitrogens with one attached hydrogen (secondary N) is 2. The second-order valence-electron chi connectivity index (χ2n) is 6.60. The maximum atomic E-state index is 12.8. The van der Waals surface area contributed by atoms with Crippen molar-refractivity contribution >= 4 is 28.5 Å². The number of nitrogens with two attached hydrogens (primary N) is 1. The summed E-state index contributed by atoms with van der Waals surface area (Å²) in [7, 11) is 0. The molecule has 0 saturated carbocycles. The number of carbonyl (C=O) groups is 3. The van der Waals surface area contributed by atoms with E-state index < -0.39 is 23.6 Å². The number of para-hydroxylation sites is 1. The molecule has 0 saturated heterocycles. The van der Waals surface area contributed by atoms with Crippen molar-refractivity contribution in [2.75, 3.05) is 0 Å². The van der Waals surface area contributed by atoms with Crippen molar-refractivity contribution in [2.24, 2.45) is 5.73 Å². The van der Waals surface area contributed by atoms with E-state index in [4.69, 9.17) is 10.3 Å². The summed E-state index contributed by atoms with van der Waals surface area (Å²) in [6, 6.07) is 11.5. The van der Waals surface area contributed by atoms with Gasteiger partial charge in [-0.15, -0.1) is 0 Å². The Morgan fingerprint density at radius 1 is 1.13 bits per heavy atom. The van der Waals surface area contributed by atoms with E-state index in [2.05, 4.69) is 20.4 Å². The van der Waals surface area contributed by atoms with Gasteiger partial charge in [-0.1, -0.05) is 29.4 Å². The first kappa shape index (κ1) is 19.1. The zero-order valence-electron chi connectivity index (χ0n) is 15.7. The maximum Gasteiger partial charge on any atom is 0.291 e. The summed E-state index contributed by atoms with van der Waals surface area (Å²) >= 11 is 0. The van der Waals surface area contributed by atoms with Gasteiger partial charge in [0, 0.05) is 29.7 Å². The van der Waals surface area contributed by atoms with E-state index in [-0.39, 0.29) is 12.2 Å². The number of fused-ring (bicyclic) bond motifs is 1. The lowest BCUT2D eigenvalue weighted by Gasteiger charge is -2.15. The van der Waals surface area contributed by atoms with Crippen LogP contribution in [-0.2, 0) is 16.0 Å². The van der Waals surface area contributed by atoms with E-state index in [1.807, 2.05) is 24.3 Å². The predicted octanol–water partition coefficient (Wildman–Crippen LogP) is 1.61. The highest BCUT2D eigenvalue weighted by Gasteiger charge is 2.29. The summed E-state index contributed by atoms with van der Waals surface area (Å²) < 4.78 is 5.09. The highest BCUT2D eigenvalue weighted by Crippen LogP contribution is 2.22. The molecule has 0 aliphatic rings. The molecule has 3 aromatic heterocycles. The number of aromatic amines is 1. The number of nitrogens with zero attached hydrogens (tertiary/aromatic N) is 2. The summed E-state index contributed by atoms with van der Waals surface area (Å²) in [5, 5.41) is 7.09. The molecule has 150 valence electrons. The van der Waals surface area contributed by atoms with Crippen LogP contribution in [0.15, 0.2) is 65.6 Å². The van der Waals surface area contributed by atoms with Crippen LogP contribution in [0.3, 0.4) is 0 Å². The molecule has 0 radical (unpaired) electrons. The van der Waals surface area contributed by atoms with Crippen molar-refractivity contribution in [1.29, 1.82) is 0 Å². The molecular weight excluding hydrogens is 386 g/mol. The van der Waals surface area contributed by atoms with Gasteiger partial charge in [0.15, 0.2) is 0 Å². The van der Waals surface area contributed by atoms with E-state index in [0.717, 1.165) is 16.5 Å². The van der Waals surface area contributed by atoms with Gasteiger partial charge >= 0.3 is 0 Å². The van der Waals surface area contributed by atoms with Crippen LogP contribution in [0.4, 0.5) is 0 Å². The Balaban J connectivity index is 1.62. The highest BCUT2D eigenvalue weighted by molar-refractivity contribution is 6.38. The number of Topliss-reactive ketones (excluding diaryl/α,β-unsaturated/α-hetero) is 1. The Hall–Kier alpha value is -4.27. The molecule has 0 aliphatic carbocycles. The van der Waals surface area contributed by atoms with Crippen LogP contribution in [0.1, 0.15) is 16.1 Å². The Bertz CT molecular complexity index is 1230. The van der Waals surface area contributed by atoms with Gasteiger partial charge in [0.1, 0.15) is 6.04 Å². The van der Waals surface area contributed by atoms with E-state index in [1.165, 1.54) is 6.20 Å². The molecule has 30 heavy (non-hydrogen) atoms. The minimum absolute atomic E-state index is 0.0740. The van der Waals surface area contributed by atoms with Gasteiger partial charge < -0.3 is 20.6 Å². The lowest BCUT2D eigenvalue weighted by atomic mass is 10.0. The predicted molar refractivity (Wildman–Crippen MR) is 107 cm³/mol. The van der Waals surface area contributed by atoms with E-state index in [9.17, 15) is 14.4 Å². The number of ketones is 1. The largest absolute Gasteiger partial charge is 0.363 e. The fourth-order valence-electron chi connectivity index (χ4n) is 3.23. The quantitative estimate of drug-likeness (QED) is 0.400. The molecule has 0 bridgehead atoms. The minimum Gasteiger partial charge on any atom is -0.363 e. The molecular formula is C21H17N5O4. The normalized spacial score (nSPS) is 11.9. The van der Waals surface area contributed by atoms with Crippen molar-refractivity contribution in [2.45, 2.75) is 12.5 Å². The summed E-state index contributed by atoms with van der Waals surface area (Å²) in [6.07, 6.45) is 4.73. The fourth-order valence-corrected chi connectivity index (χ4v) is 3.23. The number of hydrogen-bond donors (Lipinski definition) is 3. The third-order valence-electron chi connectivity index (χ3n) is 4.68. The smallest absolute Gasteiger partial charge is 0.291 e. The molecule has 2 amide bonds. The van der Waals surface area contributed by atoms with Crippen molar-refractivity contribution < 1.29 is 18.9 Å². The molecule has 4 aromatic rings. The number of amides is 2. The number of pyridine rings is 1. The van der Waals surface area contributed by atoms with Gasteiger partial charge in [0.05, 0.1) is 17.5 Å². The molecule has 3 heterocycles. The lowest BCUT2D eigenvalue weighted by Crippen LogP contribution is -2.47. The van der Waals surface area contributed by atoms with Gasteiger partial charge in [0.25, 0.3) is 11.8 Å². The SMILES string of the molecule is NC(=O)C(=O)C(Cc1c[nH]c2ccccc12)NC(=O)c1oncc1-c1ccccn1. The molecule has 4 rings (SSSR count). The first-order valence-electron chi connectivity index (χ1n) is 9.10. The zero-order valence-corrected chi connectivity index (χ0v) is 15.7. The standard InChI is InChI=1S/C21H17N5O4/c22-20(28)18(27)17(9-12-10-24-15-6-2-1-5-13(12)15)26-21(29)19-14(11-25-30-19)16-7-3-4-8-23-16/h1-8,10-11,17,24H,9H2,(H2,22,28)(H,26,29). The first-order valence-corrected chi connectivity index (χ1v) is 9.10. The second-order valence-corrected chi connectivity index (χ2v) is 6.60. The molecule has 1 unspecified atom stereocenters. The number of H-pyrrole nitrogens is 1. The van der Waals surface area contributed by atoms with Crippen LogP contribution < -0.4 is 11.1 Å². The van der Waals surface area contributed by atoms with Crippen molar-refractivity contribution in [3.8, 4) is 11.3 Å². The number of hydrogen-bond acceptors (Lipinski definition) is 6. The second kappa shape index (κ2) is 8.00. The third kappa shape index (κ3) is 3.68. The average Bonchev–Trinajstić information content (AvgIpc) is 3.41. The minimum atomic E-state index is -1.17. The molecule has 0 fully saturated rings. The summed E-state index contributed by atoms with van der Waals surface area (Å²) in [4.78, 5) is 44.1. The summed E-state index contributed by atoms with van der Waals surface area (Å²) in [6.45, 7) is 0. The van der Waals surface area contributed by atoms with Crippen molar-refractivity contribution in [1.82, 2.24) is 20.4 Å². The number of rotatable bonds is 7. The number of aromatic nitrogens is 3. The van der Waals surface area contributed by atoms with Crippen LogP contribution in [0.25, 0.3) is 22.2 Å². The number of benzene rings is 1. The summed E-state index contributed by atoms with van der Waals surface area (Å²) in [5.74, 6) is -2.86. The van der Waals surface area contributed by atoms with Crippen molar-refractivity contribution in [3.05, 3.63) is 72.4 Å². The zero-order chi connectivity index (χ0) is 21.1. The van der Waals surface area contributed by atoms with Crippen LogP contribution in [-0.4, -0.2) is 38.8 Å². The van der Waals surface area contributed by atoms with Gasteiger partial charge in [-0.2, -0.15) is 0 Å². The maximum absolute atomic E-state index is 12.8. The summed E-state index contributed by atoms with van der Waals surface area (Å²) in [5.41, 5.74) is 7.68. The van der Waals surface area contributed by atoms with Crippen molar-refractivity contribution in [3.63, 3.8) is 0 Å². The van der Waals surface area contributed by atoms with Gasteiger partial charge in [-0.25, -0.2) is 0 Å². The topological polar surface area (TPSA) is 144 Å². The first-order chi connectivity index (χ1) is 14.5. The number of primary amides is 1. The van der Waals surface area contributed by atoms with Gasteiger partial charge in [-0.3, -0.25) is 19.4 Å². The molecule has 4 N–H and O–H groups in total. The van der Waals surface area contributed by atoms with E-state index in [0.29, 0.717) is 11.3 Å². The monoisotopic (exact) mass is 403 g/mol. The fraction of sp³-hybridized carbons (Fsp3) is 0.0952. The average molecular weight is 403 g/mol. The number of carbonyl (C=O) groups excluding carboxylic acids is 3. The Morgan fingerprint density at radius 2 is 1.93 bits per heavy atom. The van der Waals surface area contributed by atoms with Crippen LogP contribution in [0.2, 0.25) is 0 Å². The third-order valence-corrected chi connectivity index (χ3v) is 4.68. The van der Waals surface area contributed by atoms with E-state index in [1.54, 1.807) is 30.6 Å². The molecule has 9 nitrogen and oxygen atoms in total. The Labute approximate surface area is 170 Å². The molecule has 0 spiro atoms. The van der Waals surface area contributed by atoms with Crippen LogP contribution in [0, 0.1) is 0 Å². The molecule has 1 aromatic carbocycles. The Kier molecular flexibility index (Phi) is 5.08. The molecule has 1 atom stereocenters. The Morgan fingerprint density at radius 3 is 2.70 bits per heavy atom. The molecule has 0 aliphatic heterocycles. The molecule has 9 heteroatoms. The van der Waals surface area contributed by atoms with E-state index >= 15 is 0 Å². The van der Waals surface area contributed by atoms with Gasteiger partial charge in [0.2, 0.25) is 11.5 Å². The lowest BCUT2D eigenvalue weighted by molar-refractivity contribution is -0.137. The van der Waals surface area contributed by atoms with Gasteiger partial charge in [-0.05, 0) is 23.8 Å². The highest BCUT2D eigenvalue weighted by atomic mass is 16.5.